The largest absolute Gasteiger partial charge is 0.490 e. The molecule has 0 aliphatic carbocycles. The summed E-state index contributed by atoms with van der Waals surface area (Å²) in [5, 5.41) is 20.9. The summed E-state index contributed by atoms with van der Waals surface area (Å²) in [6.07, 6.45) is -2.40. The molecule has 12 nitrogen and oxygen atoms in total. The molecular formula is C32H34BrF3N6O6. The summed E-state index contributed by atoms with van der Waals surface area (Å²) in [5.41, 5.74) is 4.69. The number of halogens is 4. The molecular weight excluding hydrogens is 701 g/mol. The number of amides is 1. The van der Waals surface area contributed by atoms with Gasteiger partial charge in [-0.1, -0.05) is 6.07 Å². The van der Waals surface area contributed by atoms with Gasteiger partial charge in [0.1, 0.15) is 29.8 Å². The lowest BCUT2D eigenvalue weighted by atomic mass is 10.0. The van der Waals surface area contributed by atoms with Gasteiger partial charge in [0, 0.05) is 30.9 Å². The third-order valence-corrected chi connectivity index (χ3v) is 8.77. The van der Waals surface area contributed by atoms with Gasteiger partial charge in [0.25, 0.3) is 11.5 Å². The fourth-order valence-electron chi connectivity index (χ4n) is 5.62. The number of hydrogen-bond acceptors (Lipinski definition) is 8. The van der Waals surface area contributed by atoms with Crippen molar-refractivity contribution in [1.82, 2.24) is 24.8 Å². The molecule has 1 atom stereocenters. The number of aliphatic hydroxyl groups excluding tert-OH is 1. The van der Waals surface area contributed by atoms with Gasteiger partial charge in [-0.3, -0.25) is 9.59 Å². The third kappa shape index (κ3) is 7.99. The molecule has 2 aliphatic rings. The minimum atomic E-state index is -5.08. The molecule has 1 fully saturated rings. The SMILES string of the molecule is Cc1ccc(OC[C@H](O)CNc2cc[nH]c(=O)c2-c2nc3cc4c(cc3[nH]2)CN(C2CCN(C)CC2)C4=O)c(Br)c1.O=C(O)C(F)(F)F. The number of aliphatic hydroxyl groups is 1. The summed E-state index contributed by atoms with van der Waals surface area (Å²) in [4.78, 5) is 50.1. The summed E-state index contributed by atoms with van der Waals surface area (Å²) >= 11 is 3.48. The van der Waals surface area contributed by atoms with Gasteiger partial charge >= 0.3 is 12.1 Å². The van der Waals surface area contributed by atoms with Gasteiger partial charge in [-0.2, -0.15) is 13.2 Å². The minimum absolute atomic E-state index is 0.0507. The van der Waals surface area contributed by atoms with Gasteiger partial charge in [0.05, 0.1) is 21.2 Å². The number of likely N-dealkylation sites (tertiary alicyclic amines) is 1. The molecule has 2 aliphatic heterocycles. The van der Waals surface area contributed by atoms with Crippen LogP contribution in [0.15, 0.2) is 51.9 Å². The van der Waals surface area contributed by atoms with Gasteiger partial charge in [-0.15, -0.1) is 0 Å². The number of nitrogens with one attached hydrogen (secondary N) is 3. The summed E-state index contributed by atoms with van der Waals surface area (Å²) in [5.74, 6) is -1.67. The molecule has 4 heterocycles. The number of piperidine rings is 1. The van der Waals surface area contributed by atoms with E-state index in [2.05, 4.69) is 43.2 Å². The zero-order valence-electron chi connectivity index (χ0n) is 26.0. The Kier molecular flexibility index (Phi) is 10.5. The van der Waals surface area contributed by atoms with Crippen LogP contribution in [-0.4, -0.2) is 98.5 Å². The first-order valence-corrected chi connectivity index (χ1v) is 15.9. The first-order chi connectivity index (χ1) is 22.7. The predicted molar refractivity (Wildman–Crippen MR) is 175 cm³/mol. The number of carboxylic acids is 1. The Hall–Kier alpha value is -4.41. The average Bonchev–Trinajstić information content (AvgIpc) is 3.58. The van der Waals surface area contributed by atoms with Gasteiger partial charge < -0.3 is 40.0 Å². The number of nitrogens with zero attached hydrogens (tertiary/aromatic N) is 3. The molecule has 2 aromatic carbocycles. The number of aryl methyl sites for hydroxylation is 1. The Morgan fingerprint density at radius 3 is 2.56 bits per heavy atom. The zero-order chi connectivity index (χ0) is 34.7. The number of carboxylic acid groups (broad SMARTS) is 1. The number of aromatic nitrogens is 3. The maximum Gasteiger partial charge on any atom is 0.490 e. The molecule has 2 aromatic heterocycles. The van der Waals surface area contributed by atoms with Crippen LogP contribution in [0.4, 0.5) is 18.9 Å². The number of benzene rings is 2. The van der Waals surface area contributed by atoms with Gasteiger partial charge in [0.15, 0.2) is 0 Å². The van der Waals surface area contributed by atoms with E-state index < -0.39 is 18.2 Å². The number of aromatic amines is 2. The highest BCUT2D eigenvalue weighted by atomic mass is 79.9. The standard InChI is InChI=1S/C30H33BrN6O4.C2HF3O2/c1-17-3-4-26(22(31)11-17)41-16-20(38)14-33-23-5-8-32-29(39)27(23)28-34-24-12-18-15-37(19-6-9-36(2)10-7-19)30(40)21(18)13-25(24)35-28;3-2(4,5)1(6)7/h3-5,8,11-13,19-20,38H,6-7,9-10,14-16H2,1-2H3,(H,34,35)(H2,32,33,39);(H,6,7)/t20-;/m1./s1. The van der Waals surface area contributed by atoms with E-state index in [1.807, 2.05) is 42.2 Å². The highest BCUT2D eigenvalue weighted by molar-refractivity contribution is 9.10. The van der Waals surface area contributed by atoms with Crippen molar-refractivity contribution in [1.29, 1.82) is 0 Å². The van der Waals surface area contributed by atoms with E-state index in [1.165, 1.54) is 0 Å². The molecule has 0 unspecified atom stereocenters. The third-order valence-electron chi connectivity index (χ3n) is 8.15. The summed E-state index contributed by atoms with van der Waals surface area (Å²) < 4.78 is 38.3. The number of rotatable bonds is 8. The van der Waals surface area contributed by atoms with Crippen molar-refractivity contribution in [3.8, 4) is 17.1 Å². The molecule has 1 saturated heterocycles. The molecule has 4 aromatic rings. The maximum absolute atomic E-state index is 13.3. The number of pyridine rings is 1. The van der Waals surface area contributed by atoms with E-state index in [4.69, 9.17) is 19.6 Å². The van der Waals surface area contributed by atoms with Crippen molar-refractivity contribution >= 4 is 44.5 Å². The Morgan fingerprint density at radius 2 is 1.90 bits per heavy atom. The first-order valence-electron chi connectivity index (χ1n) is 15.1. The second kappa shape index (κ2) is 14.4. The van der Waals surface area contributed by atoms with Crippen LogP contribution in [0.5, 0.6) is 5.75 Å². The fourth-order valence-corrected chi connectivity index (χ4v) is 6.23. The van der Waals surface area contributed by atoms with Crippen LogP contribution >= 0.6 is 15.9 Å². The number of carbonyl (C=O) groups excluding carboxylic acids is 1. The number of alkyl halides is 3. The van der Waals surface area contributed by atoms with Crippen molar-refractivity contribution in [2.75, 3.05) is 38.6 Å². The number of carbonyl (C=O) groups is 2. The first kappa shape index (κ1) is 34.9. The highest BCUT2D eigenvalue weighted by Gasteiger charge is 2.38. The maximum atomic E-state index is 13.3. The number of imidazole rings is 1. The van der Waals surface area contributed by atoms with E-state index in [9.17, 15) is 27.9 Å². The molecule has 6 rings (SSSR count). The molecule has 0 radical (unpaired) electrons. The van der Waals surface area contributed by atoms with Crippen LogP contribution in [0.1, 0.15) is 34.3 Å². The lowest BCUT2D eigenvalue weighted by Gasteiger charge is -2.34. The number of ether oxygens (including phenoxy) is 1. The Labute approximate surface area is 281 Å². The smallest absolute Gasteiger partial charge is 0.490 e. The van der Waals surface area contributed by atoms with Crippen molar-refractivity contribution in [3.63, 3.8) is 0 Å². The normalized spacial score (nSPS) is 16.0. The van der Waals surface area contributed by atoms with Crippen molar-refractivity contribution in [3.05, 3.63) is 74.1 Å². The lowest BCUT2D eigenvalue weighted by molar-refractivity contribution is -0.192. The van der Waals surface area contributed by atoms with Gasteiger partial charge in [0.2, 0.25) is 0 Å². The zero-order valence-corrected chi connectivity index (χ0v) is 27.6. The predicted octanol–water partition coefficient (Wildman–Crippen LogP) is 4.52. The molecule has 1 amide bonds. The second-order valence-electron chi connectivity index (χ2n) is 11.8. The van der Waals surface area contributed by atoms with E-state index >= 15 is 0 Å². The van der Waals surface area contributed by atoms with Crippen molar-refractivity contribution in [2.45, 2.75) is 44.6 Å². The minimum Gasteiger partial charge on any atom is -0.490 e. The number of anilines is 1. The monoisotopic (exact) mass is 734 g/mol. The van der Waals surface area contributed by atoms with Crippen LogP contribution in [-0.2, 0) is 11.3 Å². The molecule has 0 spiro atoms. The Morgan fingerprint density at radius 1 is 1.19 bits per heavy atom. The number of hydrogen-bond donors (Lipinski definition) is 5. The molecule has 5 N–H and O–H groups in total. The van der Waals surface area contributed by atoms with Crippen molar-refractivity contribution in [2.24, 2.45) is 0 Å². The number of H-pyrrole nitrogens is 2. The Balaban J connectivity index is 0.000000582. The quantitative estimate of drug-likeness (QED) is 0.175. The number of fused-ring (bicyclic) bond motifs is 2. The summed E-state index contributed by atoms with van der Waals surface area (Å²) in [7, 11) is 2.11. The molecule has 256 valence electrons. The van der Waals surface area contributed by atoms with E-state index in [0.717, 1.165) is 47.0 Å². The van der Waals surface area contributed by atoms with E-state index in [-0.39, 0.29) is 30.7 Å². The number of aliphatic carboxylic acids is 1. The van der Waals surface area contributed by atoms with Crippen molar-refractivity contribution < 1.29 is 37.7 Å². The van der Waals surface area contributed by atoms with Crippen LogP contribution in [0.25, 0.3) is 22.4 Å². The summed E-state index contributed by atoms with van der Waals surface area (Å²) in [6.45, 7) is 4.80. The molecule has 0 saturated carbocycles. The molecule has 16 heteroatoms. The second-order valence-corrected chi connectivity index (χ2v) is 12.6. The van der Waals surface area contributed by atoms with Crippen LogP contribution in [0.3, 0.4) is 0 Å². The van der Waals surface area contributed by atoms with Crippen LogP contribution < -0.4 is 15.6 Å². The van der Waals surface area contributed by atoms with Crippen LogP contribution in [0.2, 0.25) is 0 Å². The lowest BCUT2D eigenvalue weighted by Crippen LogP contribution is -2.43. The fraction of sp³-hybridized carbons (Fsp3) is 0.375. The van der Waals surface area contributed by atoms with Gasteiger partial charge in [-0.05, 0) is 97.3 Å². The van der Waals surface area contributed by atoms with E-state index in [1.54, 1.807) is 12.3 Å². The molecule has 0 bridgehead atoms. The topological polar surface area (TPSA) is 164 Å². The van der Waals surface area contributed by atoms with Gasteiger partial charge in [-0.25, -0.2) is 9.78 Å². The highest BCUT2D eigenvalue weighted by Crippen LogP contribution is 2.33. The summed E-state index contributed by atoms with van der Waals surface area (Å²) in [6, 6.07) is 11.5. The van der Waals surface area contributed by atoms with E-state index in [0.29, 0.717) is 40.4 Å². The molecule has 48 heavy (non-hydrogen) atoms. The van der Waals surface area contributed by atoms with Crippen LogP contribution in [0, 0.1) is 6.92 Å². The average molecular weight is 736 g/mol. The Bertz CT molecular complexity index is 1870.